The van der Waals surface area contributed by atoms with E-state index >= 15 is 0 Å². The van der Waals surface area contributed by atoms with Crippen molar-refractivity contribution >= 4 is 11.9 Å². The van der Waals surface area contributed by atoms with Gasteiger partial charge in [-0.05, 0) is 26.7 Å². The molecule has 0 unspecified atom stereocenters. The standard InChI is InChI=1S/C12H25N3O2/c1-9(2)7-14-11(13-6)15-8-10(16)17-12(3,4)5/h9H,7-8H2,1-6H3,(H2,13,14,15). The van der Waals surface area contributed by atoms with Crippen LogP contribution < -0.4 is 10.6 Å². The summed E-state index contributed by atoms with van der Waals surface area (Å²) in [4.78, 5) is 15.5. The van der Waals surface area contributed by atoms with Crippen molar-refractivity contribution in [3.05, 3.63) is 0 Å². The molecule has 0 aliphatic carbocycles. The molecule has 0 fully saturated rings. The monoisotopic (exact) mass is 243 g/mol. The minimum atomic E-state index is -0.451. The summed E-state index contributed by atoms with van der Waals surface area (Å²) in [5, 5.41) is 6.03. The number of hydrogen-bond acceptors (Lipinski definition) is 3. The van der Waals surface area contributed by atoms with Gasteiger partial charge in [0.05, 0.1) is 0 Å². The van der Waals surface area contributed by atoms with E-state index < -0.39 is 5.60 Å². The molecule has 0 aromatic heterocycles. The van der Waals surface area contributed by atoms with Crippen LogP contribution in [0.15, 0.2) is 4.99 Å². The molecule has 17 heavy (non-hydrogen) atoms. The SMILES string of the molecule is CN=C(NCC(=O)OC(C)(C)C)NCC(C)C. The maximum Gasteiger partial charge on any atom is 0.325 e. The molecule has 5 heteroatoms. The molecule has 2 N–H and O–H groups in total. The minimum Gasteiger partial charge on any atom is -0.459 e. The first-order valence-corrected chi connectivity index (χ1v) is 5.91. The lowest BCUT2D eigenvalue weighted by Crippen LogP contribution is -2.42. The van der Waals surface area contributed by atoms with E-state index in [1.54, 1.807) is 7.05 Å². The van der Waals surface area contributed by atoms with Gasteiger partial charge in [0.25, 0.3) is 0 Å². The molecule has 0 saturated heterocycles. The molecule has 5 nitrogen and oxygen atoms in total. The summed E-state index contributed by atoms with van der Waals surface area (Å²) in [5.74, 6) is 0.852. The second-order valence-corrected chi connectivity index (χ2v) is 5.29. The zero-order chi connectivity index (χ0) is 13.5. The van der Waals surface area contributed by atoms with Crippen molar-refractivity contribution in [2.45, 2.75) is 40.2 Å². The Labute approximate surface area is 104 Å². The lowest BCUT2D eigenvalue weighted by molar-refractivity contribution is -0.153. The minimum absolute atomic E-state index is 0.120. The van der Waals surface area contributed by atoms with Crippen molar-refractivity contribution < 1.29 is 9.53 Å². The Morgan fingerprint density at radius 3 is 2.29 bits per heavy atom. The van der Waals surface area contributed by atoms with Gasteiger partial charge in [-0.15, -0.1) is 0 Å². The quantitative estimate of drug-likeness (QED) is 0.442. The van der Waals surface area contributed by atoms with Crippen molar-refractivity contribution in [3.8, 4) is 0 Å². The number of carbonyl (C=O) groups is 1. The smallest absolute Gasteiger partial charge is 0.325 e. The van der Waals surface area contributed by atoms with E-state index in [1.807, 2.05) is 20.8 Å². The number of guanidine groups is 1. The fourth-order valence-corrected chi connectivity index (χ4v) is 1.05. The molecule has 0 bridgehead atoms. The van der Waals surface area contributed by atoms with E-state index in [4.69, 9.17) is 4.74 Å². The normalized spacial score (nSPS) is 12.5. The van der Waals surface area contributed by atoms with Gasteiger partial charge in [0, 0.05) is 13.6 Å². The highest BCUT2D eigenvalue weighted by Crippen LogP contribution is 2.05. The number of esters is 1. The summed E-state index contributed by atoms with van der Waals surface area (Å²) in [6.07, 6.45) is 0. The maximum atomic E-state index is 11.4. The second kappa shape index (κ2) is 7.14. The van der Waals surface area contributed by atoms with Gasteiger partial charge in [0.2, 0.25) is 0 Å². The number of nitrogens with one attached hydrogen (secondary N) is 2. The molecule has 0 saturated carbocycles. The number of nitrogens with zero attached hydrogens (tertiary/aromatic N) is 1. The first-order chi connectivity index (χ1) is 7.74. The third-order valence-corrected chi connectivity index (χ3v) is 1.72. The third-order valence-electron chi connectivity index (χ3n) is 1.72. The summed E-state index contributed by atoms with van der Waals surface area (Å²) in [6.45, 7) is 10.7. The van der Waals surface area contributed by atoms with Crippen molar-refractivity contribution in [3.63, 3.8) is 0 Å². The summed E-state index contributed by atoms with van der Waals surface area (Å²) < 4.78 is 5.17. The zero-order valence-corrected chi connectivity index (χ0v) is 11.8. The number of rotatable bonds is 4. The molecule has 0 aromatic rings. The average Bonchev–Trinajstić information content (AvgIpc) is 2.14. The van der Waals surface area contributed by atoms with E-state index in [0.29, 0.717) is 11.9 Å². The van der Waals surface area contributed by atoms with Crippen LogP contribution >= 0.6 is 0 Å². The summed E-state index contributed by atoms with van der Waals surface area (Å²) in [5.41, 5.74) is -0.451. The predicted molar refractivity (Wildman–Crippen MR) is 70.0 cm³/mol. The Bertz CT molecular complexity index is 267. The molecule has 100 valence electrons. The van der Waals surface area contributed by atoms with Crippen LogP contribution in [0.5, 0.6) is 0 Å². The summed E-state index contributed by atoms with van der Waals surface area (Å²) in [7, 11) is 1.67. The van der Waals surface area contributed by atoms with Gasteiger partial charge in [-0.3, -0.25) is 9.79 Å². The van der Waals surface area contributed by atoms with E-state index in [2.05, 4.69) is 29.5 Å². The average molecular weight is 243 g/mol. The molecular weight excluding hydrogens is 218 g/mol. The number of ether oxygens (including phenoxy) is 1. The van der Waals surface area contributed by atoms with Crippen LogP contribution in [-0.2, 0) is 9.53 Å². The Balaban J connectivity index is 3.96. The molecular formula is C12H25N3O2. The summed E-state index contributed by atoms with van der Waals surface area (Å²) >= 11 is 0. The second-order valence-electron chi connectivity index (χ2n) is 5.29. The number of aliphatic imine (C=N–C) groups is 1. The Kier molecular flexibility index (Phi) is 6.61. The lowest BCUT2D eigenvalue weighted by atomic mass is 10.2. The lowest BCUT2D eigenvalue weighted by Gasteiger charge is -2.20. The molecule has 0 radical (unpaired) electrons. The first-order valence-electron chi connectivity index (χ1n) is 5.91. The van der Waals surface area contributed by atoms with Crippen molar-refractivity contribution in [1.29, 1.82) is 0 Å². The number of carbonyl (C=O) groups excluding carboxylic acids is 1. The van der Waals surface area contributed by atoms with Gasteiger partial charge in [-0.2, -0.15) is 0 Å². The zero-order valence-electron chi connectivity index (χ0n) is 11.8. The Morgan fingerprint density at radius 1 is 1.29 bits per heavy atom. The van der Waals surface area contributed by atoms with Gasteiger partial charge in [0.1, 0.15) is 12.1 Å². The molecule has 0 rings (SSSR count). The van der Waals surface area contributed by atoms with Gasteiger partial charge in [-0.1, -0.05) is 13.8 Å². The predicted octanol–water partition coefficient (Wildman–Crippen LogP) is 1.15. The van der Waals surface area contributed by atoms with Gasteiger partial charge in [-0.25, -0.2) is 0 Å². The van der Waals surface area contributed by atoms with Crippen molar-refractivity contribution in [2.24, 2.45) is 10.9 Å². The van der Waals surface area contributed by atoms with Crippen LogP contribution in [-0.4, -0.2) is 37.7 Å². The van der Waals surface area contributed by atoms with Gasteiger partial charge >= 0.3 is 5.97 Å². The van der Waals surface area contributed by atoms with E-state index in [9.17, 15) is 4.79 Å². The van der Waals surface area contributed by atoms with Crippen LogP contribution in [0.4, 0.5) is 0 Å². The van der Waals surface area contributed by atoms with Crippen LogP contribution in [0.25, 0.3) is 0 Å². The van der Waals surface area contributed by atoms with Crippen molar-refractivity contribution in [1.82, 2.24) is 10.6 Å². The molecule has 0 aromatic carbocycles. The van der Waals surface area contributed by atoms with Gasteiger partial charge in [0.15, 0.2) is 5.96 Å². The summed E-state index contributed by atoms with van der Waals surface area (Å²) in [6, 6.07) is 0. The molecule has 0 aliphatic rings. The fraction of sp³-hybridized carbons (Fsp3) is 0.833. The van der Waals surface area contributed by atoms with Crippen LogP contribution in [0.2, 0.25) is 0 Å². The highest BCUT2D eigenvalue weighted by molar-refractivity contribution is 5.84. The van der Waals surface area contributed by atoms with Crippen LogP contribution in [0.3, 0.4) is 0 Å². The van der Waals surface area contributed by atoms with E-state index in [-0.39, 0.29) is 12.5 Å². The molecule has 0 aliphatic heterocycles. The van der Waals surface area contributed by atoms with Crippen LogP contribution in [0, 0.1) is 5.92 Å². The Hall–Kier alpha value is -1.26. The molecule has 0 atom stereocenters. The Morgan fingerprint density at radius 2 is 1.88 bits per heavy atom. The fourth-order valence-electron chi connectivity index (χ4n) is 1.05. The van der Waals surface area contributed by atoms with Crippen molar-refractivity contribution in [2.75, 3.05) is 20.1 Å². The third kappa shape index (κ3) is 9.66. The first kappa shape index (κ1) is 15.7. The highest BCUT2D eigenvalue weighted by atomic mass is 16.6. The molecule has 0 heterocycles. The maximum absolute atomic E-state index is 11.4. The van der Waals surface area contributed by atoms with E-state index in [0.717, 1.165) is 6.54 Å². The van der Waals surface area contributed by atoms with Gasteiger partial charge < -0.3 is 15.4 Å². The largest absolute Gasteiger partial charge is 0.459 e. The van der Waals surface area contributed by atoms with E-state index in [1.165, 1.54) is 0 Å². The van der Waals surface area contributed by atoms with Crippen LogP contribution in [0.1, 0.15) is 34.6 Å². The molecule has 0 amide bonds. The number of hydrogen-bond donors (Lipinski definition) is 2. The molecule has 0 spiro atoms. The highest BCUT2D eigenvalue weighted by Gasteiger charge is 2.16. The topological polar surface area (TPSA) is 62.7 Å².